The highest BCUT2D eigenvalue weighted by molar-refractivity contribution is 9.10. The lowest BCUT2D eigenvalue weighted by molar-refractivity contribution is -0.138. The Labute approximate surface area is 122 Å². The van der Waals surface area contributed by atoms with Crippen LogP contribution in [-0.2, 0) is 4.79 Å². The van der Waals surface area contributed by atoms with Gasteiger partial charge in [-0.2, -0.15) is 0 Å². The highest BCUT2D eigenvalue weighted by atomic mass is 79.9. The van der Waals surface area contributed by atoms with E-state index in [2.05, 4.69) is 21.2 Å². The van der Waals surface area contributed by atoms with Crippen LogP contribution in [0.25, 0.3) is 0 Å². The molecule has 3 nitrogen and oxygen atoms in total. The van der Waals surface area contributed by atoms with Crippen LogP contribution in [0.15, 0.2) is 46.9 Å². The van der Waals surface area contributed by atoms with Crippen LogP contribution in [0.2, 0.25) is 0 Å². The summed E-state index contributed by atoms with van der Waals surface area (Å²) in [5.41, 5.74) is -0.0637. The molecule has 2 aromatic carbocycles. The van der Waals surface area contributed by atoms with Gasteiger partial charge < -0.3 is 10.4 Å². The van der Waals surface area contributed by atoms with E-state index in [0.717, 1.165) is 16.6 Å². The molecule has 0 aliphatic carbocycles. The summed E-state index contributed by atoms with van der Waals surface area (Å²) >= 11 is 3.24. The standard InChI is InChI=1S/C14H10BrF2NO2/c15-8-4-6-9(7-5-8)18-13(14(19)20)12-10(16)2-1-3-11(12)17/h1-7,13,18H,(H,19,20). The Morgan fingerprint density at radius 1 is 1.10 bits per heavy atom. The number of benzene rings is 2. The van der Waals surface area contributed by atoms with Crippen LogP contribution in [0.4, 0.5) is 14.5 Å². The van der Waals surface area contributed by atoms with Gasteiger partial charge in [0.25, 0.3) is 0 Å². The van der Waals surface area contributed by atoms with E-state index in [9.17, 15) is 18.7 Å². The molecule has 0 saturated carbocycles. The number of nitrogens with one attached hydrogen (secondary N) is 1. The van der Waals surface area contributed by atoms with E-state index in [-0.39, 0.29) is 0 Å². The Kier molecular flexibility index (Phi) is 4.34. The summed E-state index contributed by atoms with van der Waals surface area (Å²) < 4.78 is 28.2. The number of halogens is 3. The molecular formula is C14H10BrF2NO2. The maximum atomic E-state index is 13.7. The molecule has 6 heteroatoms. The van der Waals surface area contributed by atoms with E-state index in [1.807, 2.05) is 0 Å². The van der Waals surface area contributed by atoms with Crippen molar-refractivity contribution < 1.29 is 18.7 Å². The second-order valence-corrected chi connectivity index (χ2v) is 4.97. The van der Waals surface area contributed by atoms with E-state index in [1.165, 1.54) is 6.07 Å². The Balaban J connectivity index is 2.37. The maximum Gasteiger partial charge on any atom is 0.331 e. The van der Waals surface area contributed by atoms with Gasteiger partial charge in [-0.15, -0.1) is 0 Å². The number of anilines is 1. The molecule has 0 spiro atoms. The van der Waals surface area contributed by atoms with Crippen molar-refractivity contribution in [1.82, 2.24) is 0 Å². The van der Waals surface area contributed by atoms with E-state index >= 15 is 0 Å². The first kappa shape index (κ1) is 14.5. The maximum absolute atomic E-state index is 13.7. The van der Waals surface area contributed by atoms with Crippen LogP contribution in [-0.4, -0.2) is 11.1 Å². The normalized spacial score (nSPS) is 11.9. The van der Waals surface area contributed by atoms with E-state index in [4.69, 9.17) is 0 Å². The molecule has 0 radical (unpaired) electrons. The van der Waals surface area contributed by atoms with Crippen molar-refractivity contribution in [3.05, 3.63) is 64.1 Å². The van der Waals surface area contributed by atoms with Crippen LogP contribution in [0.5, 0.6) is 0 Å². The molecule has 0 saturated heterocycles. The van der Waals surface area contributed by atoms with Crippen molar-refractivity contribution >= 4 is 27.6 Å². The number of aliphatic carboxylic acids is 1. The van der Waals surface area contributed by atoms with Gasteiger partial charge in [-0.25, -0.2) is 13.6 Å². The molecule has 0 aliphatic rings. The molecule has 104 valence electrons. The topological polar surface area (TPSA) is 49.3 Å². The molecule has 0 aromatic heterocycles. The number of carboxylic acids is 1. The molecule has 2 aromatic rings. The van der Waals surface area contributed by atoms with E-state index in [0.29, 0.717) is 5.69 Å². The van der Waals surface area contributed by atoms with Gasteiger partial charge in [0.2, 0.25) is 0 Å². The highest BCUT2D eigenvalue weighted by Crippen LogP contribution is 2.25. The lowest BCUT2D eigenvalue weighted by Gasteiger charge is -2.17. The zero-order valence-electron chi connectivity index (χ0n) is 10.1. The Morgan fingerprint density at radius 2 is 1.65 bits per heavy atom. The van der Waals surface area contributed by atoms with Crippen molar-refractivity contribution in [2.75, 3.05) is 5.32 Å². The summed E-state index contributed by atoms with van der Waals surface area (Å²) in [6.45, 7) is 0. The van der Waals surface area contributed by atoms with Gasteiger partial charge in [0, 0.05) is 10.2 Å². The Morgan fingerprint density at radius 3 is 2.15 bits per heavy atom. The monoisotopic (exact) mass is 341 g/mol. The van der Waals surface area contributed by atoms with Crippen molar-refractivity contribution in [2.24, 2.45) is 0 Å². The number of carboxylic acid groups (broad SMARTS) is 1. The molecule has 1 atom stereocenters. The van der Waals surface area contributed by atoms with Crippen molar-refractivity contribution in [1.29, 1.82) is 0 Å². The van der Waals surface area contributed by atoms with Gasteiger partial charge in [0.15, 0.2) is 6.04 Å². The third-order valence-corrected chi connectivity index (χ3v) is 3.22. The third kappa shape index (κ3) is 3.14. The summed E-state index contributed by atoms with van der Waals surface area (Å²) in [5, 5.41) is 11.8. The summed E-state index contributed by atoms with van der Waals surface area (Å²) in [5.74, 6) is -3.17. The predicted molar refractivity (Wildman–Crippen MR) is 74.5 cm³/mol. The first-order valence-electron chi connectivity index (χ1n) is 5.68. The number of carbonyl (C=O) groups is 1. The van der Waals surface area contributed by atoms with Crippen LogP contribution in [0, 0.1) is 11.6 Å². The molecule has 0 heterocycles. The molecule has 1 unspecified atom stereocenters. The highest BCUT2D eigenvalue weighted by Gasteiger charge is 2.26. The SMILES string of the molecule is O=C(O)C(Nc1ccc(Br)cc1)c1c(F)cccc1F. The number of rotatable bonds is 4. The predicted octanol–water partition coefficient (Wildman–Crippen LogP) is 3.97. The van der Waals surface area contributed by atoms with Crippen LogP contribution in [0.1, 0.15) is 11.6 Å². The molecule has 0 amide bonds. The van der Waals surface area contributed by atoms with Gasteiger partial charge in [-0.05, 0) is 36.4 Å². The minimum absolute atomic E-state index is 0.447. The summed E-state index contributed by atoms with van der Waals surface area (Å²) in [6.07, 6.45) is 0. The Hall–Kier alpha value is -1.95. The first-order valence-corrected chi connectivity index (χ1v) is 6.47. The summed E-state index contributed by atoms with van der Waals surface area (Å²) in [4.78, 5) is 11.3. The van der Waals surface area contributed by atoms with Gasteiger partial charge in [0.05, 0.1) is 5.56 Å². The average molecular weight is 342 g/mol. The summed E-state index contributed by atoms with van der Waals surface area (Å²) in [7, 11) is 0. The van der Waals surface area contributed by atoms with Gasteiger partial charge >= 0.3 is 5.97 Å². The second kappa shape index (κ2) is 6.00. The summed E-state index contributed by atoms with van der Waals surface area (Å²) in [6, 6.07) is 8.34. The van der Waals surface area contributed by atoms with Gasteiger partial charge in [0.1, 0.15) is 11.6 Å². The van der Waals surface area contributed by atoms with Crippen LogP contribution < -0.4 is 5.32 Å². The lowest BCUT2D eigenvalue weighted by Crippen LogP contribution is -2.23. The fourth-order valence-electron chi connectivity index (χ4n) is 1.76. The second-order valence-electron chi connectivity index (χ2n) is 4.06. The average Bonchev–Trinajstić information content (AvgIpc) is 2.39. The lowest BCUT2D eigenvalue weighted by atomic mass is 10.1. The molecule has 2 rings (SSSR count). The smallest absolute Gasteiger partial charge is 0.331 e. The Bertz CT molecular complexity index is 611. The molecule has 0 bridgehead atoms. The molecule has 0 fully saturated rings. The fourth-order valence-corrected chi connectivity index (χ4v) is 2.02. The molecule has 20 heavy (non-hydrogen) atoms. The fraction of sp³-hybridized carbons (Fsp3) is 0.0714. The van der Waals surface area contributed by atoms with Crippen LogP contribution in [0.3, 0.4) is 0 Å². The van der Waals surface area contributed by atoms with Crippen molar-refractivity contribution in [3.8, 4) is 0 Å². The van der Waals surface area contributed by atoms with Gasteiger partial charge in [-0.3, -0.25) is 0 Å². The molecule has 2 N–H and O–H groups in total. The van der Waals surface area contributed by atoms with Gasteiger partial charge in [-0.1, -0.05) is 22.0 Å². The minimum atomic E-state index is -1.50. The van der Waals surface area contributed by atoms with E-state index in [1.54, 1.807) is 24.3 Å². The number of hydrogen-bond acceptors (Lipinski definition) is 2. The zero-order valence-corrected chi connectivity index (χ0v) is 11.7. The number of hydrogen-bond donors (Lipinski definition) is 2. The first-order chi connectivity index (χ1) is 9.49. The third-order valence-electron chi connectivity index (χ3n) is 2.69. The van der Waals surface area contributed by atoms with Crippen molar-refractivity contribution in [2.45, 2.75) is 6.04 Å². The largest absolute Gasteiger partial charge is 0.479 e. The van der Waals surface area contributed by atoms with Crippen LogP contribution >= 0.6 is 15.9 Å². The molecule has 0 aliphatic heterocycles. The van der Waals surface area contributed by atoms with Crippen molar-refractivity contribution in [3.63, 3.8) is 0 Å². The minimum Gasteiger partial charge on any atom is -0.479 e. The zero-order chi connectivity index (χ0) is 14.7. The molecular weight excluding hydrogens is 332 g/mol. The quantitative estimate of drug-likeness (QED) is 0.884. The van der Waals surface area contributed by atoms with E-state index < -0.39 is 29.2 Å².